The van der Waals surface area contributed by atoms with E-state index < -0.39 is 0 Å². The lowest BCUT2D eigenvalue weighted by atomic mass is 9.96. The van der Waals surface area contributed by atoms with Crippen LogP contribution >= 0.6 is 0 Å². The molecule has 0 radical (unpaired) electrons. The number of β-amino-alcohol motifs (C(OH)–C–C–N with tert-alkyl or cyclic N) is 1. The zero-order valence-corrected chi connectivity index (χ0v) is 12.2. The van der Waals surface area contributed by atoms with Crippen molar-refractivity contribution in [1.82, 2.24) is 10.2 Å². The summed E-state index contributed by atoms with van der Waals surface area (Å²) < 4.78 is 0. The summed E-state index contributed by atoms with van der Waals surface area (Å²) in [4.78, 5) is 14.1. The van der Waals surface area contributed by atoms with E-state index in [0.29, 0.717) is 12.5 Å². The highest BCUT2D eigenvalue weighted by Gasteiger charge is 2.25. The van der Waals surface area contributed by atoms with Crippen LogP contribution in [0, 0.1) is 5.92 Å². The minimum Gasteiger partial charge on any atom is -0.391 e. The lowest BCUT2D eigenvalue weighted by Crippen LogP contribution is -2.48. The molecule has 2 rings (SSSR count). The van der Waals surface area contributed by atoms with Gasteiger partial charge in [0.05, 0.1) is 12.1 Å². The Morgan fingerprint density at radius 1 is 1.35 bits per heavy atom. The first kappa shape index (κ1) is 14.9. The maximum Gasteiger partial charge on any atom is 0.317 e. The Kier molecular flexibility index (Phi) is 5.01. The van der Waals surface area contributed by atoms with Gasteiger partial charge in [-0.2, -0.15) is 0 Å². The fourth-order valence-electron chi connectivity index (χ4n) is 2.66. The second-order valence-electron chi connectivity index (χ2n) is 5.82. The Balaban J connectivity index is 2.03. The first-order chi connectivity index (χ1) is 9.58. The number of urea groups is 1. The van der Waals surface area contributed by atoms with E-state index in [9.17, 15) is 9.90 Å². The summed E-state index contributed by atoms with van der Waals surface area (Å²) in [5, 5.41) is 12.8. The van der Waals surface area contributed by atoms with Crippen LogP contribution in [-0.2, 0) is 0 Å². The molecule has 2 amide bonds. The summed E-state index contributed by atoms with van der Waals surface area (Å²) in [5.41, 5.74) is 1.12. The van der Waals surface area contributed by atoms with E-state index in [4.69, 9.17) is 0 Å². The molecule has 0 saturated carbocycles. The zero-order chi connectivity index (χ0) is 14.5. The molecule has 2 N–H and O–H groups in total. The number of rotatable bonds is 3. The molecule has 1 saturated heterocycles. The number of hydrogen-bond acceptors (Lipinski definition) is 2. The van der Waals surface area contributed by atoms with Crippen LogP contribution in [0.25, 0.3) is 0 Å². The van der Waals surface area contributed by atoms with Gasteiger partial charge in [0.15, 0.2) is 0 Å². The molecule has 2 unspecified atom stereocenters. The van der Waals surface area contributed by atoms with Crippen molar-refractivity contribution >= 4 is 6.03 Å². The molecule has 4 heteroatoms. The number of amides is 2. The fourth-order valence-corrected chi connectivity index (χ4v) is 2.66. The van der Waals surface area contributed by atoms with Gasteiger partial charge in [0.1, 0.15) is 0 Å². The first-order valence-corrected chi connectivity index (χ1v) is 7.36. The van der Waals surface area contributed by atoms with Crippen LogP contribution in [0.3, 0.4) is 0 Å². The minimum atomic E-state index is -0.385. The smallest absolute Gasteiger partial charge is 0.317 e. The molecule has 0 aliphatic carbocycles. The van der Waals surface area contributed by atoms with Gasteiger partial charge in [-0.1, -0.05) is 44.2 Å². The SMILES string of the molecule is CC(C)C(NC(=O)N1CCCC(O)C1)c1ccccc1. The lowest BCUT2D eigenvalue weighted by Gasteiger charge is -2.32. The van der Waals surface area contributed by atoms with E-state index in [1.165, 1.54) is 0 Å². The summed E-state index contributed by atoms with van der Waals surface area (Å²) in [6.07, 6.45) is 1.27. The predicted molar refractivity (Wildman–Crippen MR) is 79.4 cm³/mol. The molecule has 4 nitrogen and oxygen atoms in total. The van der Waals surface area contributed by atoms with Crippen molar-refractivity contribution in [3.05, 3.63) is 35.9 Å². The number of aliphatic hydroxyl groups is 1. The summed E-state index contributed by atoms with van der Waals surface area (Å²) in [6.45, 7) is 5.36. The van der Waals surface area contributed by atoms with Crippen molar-refractivity contribution in [2.75, 3.05) is 13.1 Å². The van der Waals surface area contributed by atoms with Crippen molar-refractivity contribution in [3.8, 4) is 0 Å². The normalized spacial score (nSPS) is 20.8. The van der Waals surface area contributed by atoms with Crippen LogP contribution in [0.15, 0.2) is 30.3 Å². The van der Waals surface area contributed by atoms with Gasteiger partial charge in [-0.15, -0.1) is 0 Å². The number of likely N-dealkylation sites (tertiary alicyclic amines) is 1. The Labute approximate surface area is 120 Å². The number of carbonyl (C=O) groups is 1. The Bertz CT molecular complexity index is 433. The van der Waals surface area contributed by atoms with Crippen LogP contribution < -0.4 is 5.32 Å². The summed E-state index contributed by atoms with van der Waals surface area (Å²) >= 11 is 0. The van der Waals surface area contributed by atoms with Gasteiger partial charge >= 0.3 is 6.03 Å². The standard InChI is InChI=1S/C16H24N2O2/c1-12(2)15(13-7-4-3-5-8-13)17-16(20)18-10-6-9-14(19)11-18/h3-5,7-8,12,14-15,19H,6,9-11H2,1-2H3,(H,17,20). The highest BCUT2D eigenvalue weighted by atomic mass is 16.3. The fraction of sp³-hybridized carbons (Fsp3) is 0.562. The molecule has 1 aliphatic heterocycles. The molecule has 1 fully saturated rings. The number of nitrogens with one attached hydrogen (secondary N) is 1. The number of benzene rings is 1. The van der Waals surface area contributed by atoms with Crippen LogP contribution in [0.2, 0.25) is 0 Å². The molecular weight excluding hydrogens is 252 g/mol. The number of nitrogens with zero attached hydrogens (tertiary/aromatic N) is 1. The third-order valence-corrected chi connectivity index (χ3v) is 3.79. The molecule has 20 heavy (non-hydrogen) atoms. The summed E-state index contributed by atoms with van der Waals surface area (Å²) in [7, 11) is 0. The topological polar surface area (TPSA) is 52.6 Å². The summed E-state index contributed by atoms with van der Waals surface area (Å²) in [6, 6.07) is 9.95. The maximum atomic E-state index is 12.3. The lowest BCUT2D eigenvalue weighted by molar-refractivity contribution is 0.0826. The number of aliphatic hydroxyl groups excluding tert-OH is 1. The monoisotopic (exact) mass is 276 g/mol. The van der Waals surface area contributed by atoms with E-state index in [0.717, 1.165) is 24.9 Å². The molecule has 110 valence electrons. The van der Waals surface area contributed by atoms with Crippen LogP contribution in [0.5, 0.6) is 0 Å². The van der Waals surface area contributed by atoms with Crippen molar-refractivity contribution < 1.29 is 9.90 Å². The van der Waals surface area contributed by atoms with E-state index in [2.05, 4.69) is 19.2 Å². The second-order valence-corrected chi connectivity index (χ2v) is 5.82. The van der Waals surface area contributed by atoms with E-state index >= 15 is 0 Å². The maximum absolute atomic E-state index is 12.3. The average Bonchev–Trinajstić information content (AvgIpc) is 2.45. The molecule has 1 aliphatic rings. The van der Waals surface area contributed by atoms with Crippen molar-refractivity contribution in [2.45, 2.75) is 38.8 Å². The third kappa shape index (κ3) is 3.73. The van der Waals surface area contributed by atoms with Gasteiger partial charge in [0.2, 0.25) is 0 Å². The average molecular weight is 276 g/mol. The third-order valence-electron chi connectivity index (χ3n) is 3.79. The van der Waals surface area contributed by atoms with Gasteiger partial charge < -0.3 is 15.3 Å². The van der Waals surface area contributed by atoms with Crippen LogP contribution in [0.4, 0.5) is 4.79 Å². The first-order valence-electron chi connectivity index (χ1n) is 7.36. The number of piperidine rings is 1. The van der Waals surface area contributed by atoms with Gasteiger partial charge in [-0.3, -0.25) is 0 Å². The van der Waals surface area contributed by atoms with Gasteiger partial charge in [-0.25, -0.2) is 4.79 Å². The van der Waals surface area contributed by atoms with Crippen molar-refractivity contribution in [2.24, 2.45) is 5.92 Å². The van der Waals surface area contributed by atoms with Crippen LogP contribution in [-0.4, -0.2) is 35.2 Å². The minimum absolute atomic E-state index is 0.00256. The molecular formula is C16H24N2O2. The summed E-state index contributed by atoms with van der Waals surface area (Å²) in [5.74, 6) is 0.316. The molecule has 0 aromatic heterocycles. The van der Waals surface area contributed by atoms with Crippen molar-refractivity contribution in [1.29, 1.82) is 0 Å². The predicted octanol–water partition coefficient (Wildman–Crippen LogP) is 2.55. The Morgan fingerprint density at radius 2 is 2.05 bits per heavy atom. The second kappa shape index (κ2) is 6.75. The number of carbonyl (C=O) groups excluding carboxylic acids is 1. The van der Waals surface area contributed by atoms with Gasteiger partial charge in [0, 0.05) is 13.1 Å². The molecule has 1 aromatic rings. The van der Waals surface area contributed by atoms with Gasteiger partial charge in [-0.05, 0) is 24.3 Å². The molecule has 2 atom stereocenters. The largest absolute Gasteiger partial charge is 0.391 e. The molecule has 0 spiro atoms. The van der Waals surface area contributed by atoms with E-state index in [-0.39, 0.29) is 18.2 Å². The number of hydrogen-bond donors (Lipinski definition) is 2. The van der Waals surface area contributed by atoms with Crippen LogP contribution in [0.1, 0.15) is 38.3 Å². The molecule has 1 heterocycles. The highest BCUT2D eigenvalue weighted by Crippen LogP contribution is 2.22. The molecule has 0 bridgehead atoms. The Morgan fingerprint density at radius 3 is 2.65 bits per heavy atom. The van der Waals surface area contributed by atoms with E-state index in [1.54, 1.807) is 4.90 Å². The zero-order valence-electron chi connectivity index (χ0n) is 12.2. The van der Waals surface area contributed by atoms with Gasteiger partial charge in [0.25, 0.3) is 0 Å². The Hall–Kier alpha value is -1.55. The van der Waals surface area contributed by atoms with Crippen molar-refractivity contribution in [3.63, 3.8) is 0 Å². The highest BCUT2D eigenvalue weighted by molar-refractivity contribution is 5.75. The molecule has 1 aromatic carbocycles. The quantitative estimate of drug-likeness (QED) is 0.891. The van der Waals surface area contributed by atoms with E-state index in [1.807, 2.05) is 30.3 Å².